The van der Waals surface area contributed by atoms with Gasteiger partial charge in [0.15, 0.2) is 15.8 Å². The Morgan fingerprint density at radius 1 is 1.03 bits per heavy atom. The van der Waals surface area contributed by atoms with Gasteiger partial charge in [0.1, 0.15) is 11.1 Å². The lowest BCUT2D eigenvalue weighted by Crippen LogP contribution is -2.33. The highest BCUT2D eigenvalue weighted by atomic mass is 32.2. The van der Waals surface area contributed by atoms with E-state index in [1.807, 2.05) is 13.0 Å². The van der Waals surface area contributed by atoms with Crippen LogP contribution in [-0.2, 0) is 19.9 Å². The monoisotopic (exact) mass is 481 g/mol. The van der Waals surface area contributed by atoms with Crippen molar-refractivity contribution in [2.75, 3.05) is 18.0 Å². The molecule has 0 spiro atoms. The van der Waals surface area contributed by atoms with Gasteiger partial charge in [-0.2, -0.15) is 11.1 Å². The number of sulfonamides is 1. The molecule has 172 valence electrons. The van der Waals surface area contributed by atoms with Crippen molar-refractivity contribution in [1.29, 1.82) is 0 Å². The molecule has 0 amide bonds. The maximum Gasteiger partial charge on any atom is 0.239 e. The number of hydrogen-bond acceptors (Lipinski definition) is 11. The number of rotatable bonds is 6. The highest BCUT2D eigenvalue weighted by molar-refractivity contribution is 7.93. The molecule has 1 aliphatic rings. The zero-order valence-corrected chi connectivity index (χ0v) is 18.6. The van der Waals surface area contributed by atoms with Gasteiger partial charge in [-0.25, -0.2) is 37.8 Å². The van der Waals surface area contributed by atoms with Crippen LogP contribution in [0.3, 0.4) is 0 Å². The Kier molecular flexibility index (Phi) is 5.68. The van der Waals surface area contributed by atoms with E-state index in [0.717, 1.165) is 5.56 Å². The number of aromatic nitrogens is 2. The fraction of sp³-hybridized carbons (Fsp3) is 0.235. The summed E-state index contributed by atoms with van der Waals surface area (Å²) in [5.74, 6) is -0.256. The number of benzene rings is 2. The van der Waals surface area contributed by atoms with Crippen LogP contribution in [0.25, 0.3) is 22.2 Å². The van der Waals surface area contributed by atoms with Crippen molar-refractivity contribution in [1.82, 2.24) is 31.9 Å². The molecular weight excluding hydrogens is 458 g/mol. The molecule has 1 saturated heterocycles. The summed E-state index contributed by atoms with van der Waals surface area (Å²) in [5, 5.41) is 5.55. The molecule has 0 radical (unpaired) electrons. The highest BCUT2D eigenvalue weighted by Gasteiger charge is 2.34. The first-order valence-electron chi connectivity index (χ1n) is 9.43. The number of primary sulfonamides is 1. The quantitative estimate of drug-likeness (QED) is 0.205. The van der Waals surface area contributed by atoms with Gasteiger partial charge in [0.25, 0.3) is 0 Å². The maximum atomic E-state index is 12.9. The normalized spacial score (nSPS) is 15.6. The van der Waals surface area contributed by atoms with Crippen LogP contribution in [0.1, 0.15) is 17.3 Å². The Bertz CT molecular complexity index is 1410. The van der Waals surface area contributed by atoms with Crippen molar-refractivity contribution < 1.29 is 16.8 Å². The number of hydrogen-bond donors (Lipinski definition) is 8. The van der Waals surface area contributed by atoms with Crippen LogP contribution in [0, 0.1) is 6.92 Å². The van der Waals surface area contributed by atoms with Crippen molar-refractivity contribution >= 4 is 36.8 Å². The molecular formula is C17H23N9O4S2. The minimum atomic E-state index is -4.50. The van der Waals surface area contributed by atoms with E-state index >= 15 is 0 Å². The average molecular weight is 482 g/mol. The minimum absolute atomic E-state index is 0.0985. The Labute approximate surface area is 184 Å². The van der Waals surface area contributed by atoms with Crippen molar-refractivity contribution in [3.8, 4) is 11.1 Å². The lowest BCUT2D eigenvalue weighted by molar-refractivity contribution is 0.534. The van der Waals surface area contributed by atoms with Gasteiger partial charge in [0, 0.05) is 17.7 Å². The third kappa shape index (κ3) is 3.84. The predicted octanol–water partition coefficient (Wildman–Crippen LogP) is -1.38. The molecule has 11 N–H and O–H groups in total. The van der Waals surface area contributed by atoms with Gasteiger partial charge in [0.05, 0.1) is 21.7 Å². The molecule has 0 unspecified atom stereocenters. The van der Waals surface area contributed by atoms with Gasteiger partial charge in [-0.3, -0.25) is 0 Å². The summed E-state index contributed by atoms with van der Waals surface area (Å²) in [6.07, 6.45) is -0.858. The summed E-state index contributed by atoms with van der Waals surface area (Å²) >= 11 is 0. The van der Waals surface area contributed by atoms with Gasteiger partial charge < -0.3 is 16.5 Å². The molecule has 0 aliphatic carbocycles. The zero-order chi connectivity index (χ0) is 23.3. The first-order valence-corrected chi connectivity index (χ1v) is 12.6. The van der Waals surface area contributed by atoms with E-state index in [1.54, 1.807) is 6.07 Å². The highest BCUT2D eigenvalue weighted by Crippen LogP contribution is 2.39. The Hall–Kier alpha value is -2.63. The number of aryl methyl sites for hydroxylation is 1. The van der Waals surface area contributed by atoms with E-state index in [1.165, 1.54) is 12.1 Å². The number of nitrogens with one attached hydrogen (secondary N) is 5. The Balaban J connectivity index is 2.13. The van der Waals surface area contributed by atoms with Gasteiger partial charge in [-0.05, 0) is 24.1 Å². The average Bonchev–Trinajstić information content (AvgIpc) is 3.36. The van der Waals surface area contributed by atoms with Gasteiger partial charge in [-0.15, -0.1) is 0 Å². The van der Waals surface area contributed by atoms with E-state index in [2.05, 4.69) is 31.9 Å². The second-order valence-electron chi connectivity index (χ2n) is 7.25. The second kappa shape index (κ2) is 8.05. The fourth-order valence-electron chi connectivity index (χ4n) is 3.77. The minimum Gasteiger partial charge on any atom is -0.369 e. The number of nitrogen functional groups attached to an aromatic ring is 1. The molecule has 0 atom stereocenters. The molecule has 32 heavy (non-hydrogen) atoms. The standard InChI is InChI=1S/C17H23N9O4S2/c1-8-2-3-10(14-13(8)21-17(19)22-14)9-4-5-11(31(27,28)7-6-18)15(32(20,29)30)12(9)16-23-25-26-24-16/h2-5,16,23-26H,6-7,18H2,1H3,(H3,19,21,22)(H2,20,29,30). The van der Waals surface area contributed by atoms with E-state index in [4.69, 9.17) is 16.6 Å². The molecule has 4 rings (SSSR count). The number of imidazole rings is 1. The van der Waals surface area contributed by atoms with Crippen molar-refractivity contribution in [3.05, 3.63) is 35.4 Å². The number of H-pyrrole nitrogens is 1. The fourth-order valence-corrected chi connectivity index (χ4v) is 6.58. The number of sulfone groups is 1. The number of nitrogens with zero attached hydrogens (tertiary/aromatic N) is 1. The molecule has 13 nitrogen and oxygen atoms in total. The largest absolute Gasteiger partial charge is 0.369 e. The summed E-state index contributed by atoms with van der Waals surface area (Å²) in [7, 11) is -8.54. The van der Waals surface area contributed by atoms with Crippen LogP contribution in [0.4, 0.5) is 5.95 Å². The molecule has 1 aliphatic heterocycles. The van der Waals surface area contributed by atoms with Crippen molar-refractivity contribution in [3.63, 3.8) is 0 Å². The third-order valence-electron chi connectivity index (χ3n) is 5.11. The zero-order valence-electron chi connectivity index (χ0n) is 16.9. The van der Waals surface area contributed by atoms with Gasteiger partial charge >= 0.3 is 0 Å². The molecule has 15 heteroatoms. The smallest absolute Gasteiger partial charge is 0.239 e. The first kappa shape index (κ1) is 22.6. The third-order valence-corrected chi connectivity index (χ3v) is 8.03. The number of fused-ring (bicyclic) bond motifs is 1. The molecule has 1 aromatic heterocycles. The van der Waals surface area contributed by atoms with E-state index in [-0.39, 0.29) is 18.1 Å². The number of hydrazine groups is 3. The summed E-state index contributed by atoms with van der Waals surface area (Å²) < 4.78 is 51.2. The van der Waals surface area contributed by atoms with E-state index < -0.39 is 41.6 Å². The molecule has 3 aromatic rings. The second-order valence-corrected chi connectivity index (χ2v) is 10.8. The molecule has 1 fully saturated rings. The van der Waals surface area contributed by atoms with Crippen LogP contribution in [0.15, 0.2) is 34.1 Å². The van der Waals surface area contributed by atoms with E-state index in [0.29, 0.717) is 22.2 Å². The summed E-state index contributed by atoms with van der Waals surface area (Å²) in [6.45, 7) is 1.68. The lowest BCUT2D eigenvalue weighted by atomic mass is 9.95. The SMILES string of the molecule is Cc1ccc(-c2ccc(S(=O)(=O)CCN)c(S(N)(=O)=O)c2C2NNNN2)c2[nH]c(N)nc12. The van der Waals surface area contributed by atoms with Crippen molar-refractivity contribution in [2.24, 2.45) is 10.9 Å². The van der Waals surface area contributed by atoms with Gasteiger partial charge in [0.2, 0.25) is 10.0 Å². The van der Waals surface area contributed by atoms with Crippen LogP contribution in [0.2, 0.25) is 0 Å². The maximum absolute atomic E-state index is 12.9. The molecule has 0 bridgehead atoms. The van der Waals surface area contributed by atoms with Crippen LogP contribution >= 0.6 is 0 Å². The van der Waals surface area contributed by atoms with Crippen LogP contribution in [-0.4, -0.2) is 39.1 Å². The summed E-state index contributed by atoms with van der Waals surface area (Å²) in [5.41, 5.74) is 25.2. The first-order chi connectivity index (χ1) is 15.0. The van der Waals surface area contributed by atoms with Gasteiger partial charge in [-0.1, -0.05) is 18.2 Å². The molecule has 2 heterocycles. The predicted molar refractivity (Wildman–Crippen MR) is 118 cm³/mol. The van der Waals surface area contributed by atoms with Crippen LogP contribution in [0.5, 0.6) is 0 Å². The lowest BCUT2D eigenvalue weighted by Gasteiger charge is -2.22. The van der Waals surface area contributed by atoms with Crippen molar-refractivity contribution in [2.45, 2.75) is 22.9 Å². The topological polar surface area (TPSA) is 223 Å². The molecule has 0 saturated carbocycles. The van der Waals surface area contributed by atoms with Crippen LogP contribution < -0.4 is 38.5 Å². The summed E-state index contributed by atoms with van der Waals surface area (Å²) in [6, 6.07) is 6.33. The number of nitrogens with two attached hydrogens (primary N) is 3. The number of aromatic amines is 1. The Morgan fingerprint density at radius 3 is 2.31 bits per heavy atom. The molecule has 2 aromatic carbocycles. The summed E-state index contributed by atoms with van der Waals surface area (Å²) in [4.78, 5) is 6.33. The number of anilines is 1. The van der Waals surface area contributed by atoms with E-state index in [9.17, 15) is 16.8 Å². The Morgan fingerprint density at radius 2 is 1.69 bits per heavy atom.